The van der Waals surface area contributed by atoms with Crippen LogP contribution in [0, 0.1) is 5.92 Å². The fourth-order valence-electron chi connectivity index (χ4n) is 4.76. The van der Waals surface area contributed by atoms with Crippen molar-refractivity contribution in [2.24, 2.45) is 11.7 Å². The van der Waals surface area contributed by atoms with Gasteiger partial charge in [-0.25, -0.2) is 4.79 Å². The molecule has 12 nitrogen and oxygen atoms in total. The van der Waals surface area contributed by atoms with Crippen LogP contribution < -0.4 is 21.7 Å². The van der Waals surface area contributed by atoms with Crippen LogP contribution in [0.15, 0.2) is 60.9 Å². The average Bonchev–Trinajstić information content (AvgIpc) is 3.58. The number of aliphatic hydroxyl groups is 1. The number of carbonyl (C=O) groups is 4. The van der Waals surface area contributed by atoms with Gasteiger partial charge < -0.3 is 41.9 Å². The summed E-state index contributed by atoms with van der Waals surface area (Å²) in [6.45, 7) is 2.76. The van der Waals surface area contributed by atoms with E-state index < -0.39 is 54.5 Å². The van der Waals surface area contributed by atoms with Gasteiger partial charge in [-0.2, -0.15) is 0 Å². The molecular formula is C30H36N6O6. The number of carbonyl (C=O) groups excluding carboxylic acids is 3. The number of amides is 3. The number of carboxylic acids is 1. The second kappa shape index (κ2) is 13.3. The van der Waals surface area contributed by atoms with Gasteiger partial charge in [0.2, 0.25) is 17.7 Å². The Balaban J connectivity index is 1.49. The van der Waals surface area contributed by atoms with E-state index in [9.17, 15) is 29.4 Å². The van der Waals surface area contributed by atoms with Crippen LogP contribution in [0.4, 0.5) is 0 Å². The molecule has 2 aromatic heterocycles. The third-order valence-electron chi connectivity index (χ3n) is 7.28. The van der Waals surface area contributed by atoms with Crippen LogP contribution in [-0.2, 0) is 32.0 Å². The molecule has 3 amide bonds. The van der Waals surface area contributed by atoms with E-state index in [2.05, 4.69) is 25.9 Å². The summed E-state index contributed by atoms with van der Waals surface area (Å²) in [5.41, 5.74) is 9.11. The van der Waals surface area contributed by atoms with E-state index in [-0.39, 0.29) is 18.8 Å². The second-order valence-electron chi connectivity index (χ2n) is 10.6. The van der Waals surface area contributed by atoms with Crippen LogP contribution in [0.3, 0.4) is 0 Å². The fourth-order valence-corrected chi connectivity index (χ4v) is 4.76. The van der Waals surface area contributed by atoms with Gasteiger partial charge in [0.05, 0.1) is 12.6 Å². The van der Waals surface area contributed by atoms with Crippen LogP contribution in [0.2, 0.25) is 0 Å². The van der Waals surface area contributed by atoms with Gasteiger partial charge in [-0.3, -0.25) is 14.4 Å². The van der Waals surface area contributed by atoms with Gasteiger partial charge in [0.15, 0.2) is 0 Å². The number of hydrogen-bond donors (Lipinski definition) is 8. The standard InChI is InChI=1S/C30H36N6O6/c1-16(2)26(31)29(40)34-23(11-17-13-32-21-9-5-3-7-19(17)21)27(38)36-25(15-37)28(39)35-24(30(41)42)12-18-14-33-22-10-6-4-8-20(18)22/h3-10,13-14,16,23-26,32-33,37H,11-12,15,31H2,1-2H3,(H,34,40)(H,35,39)(H,36,38)(H,41,42). The highest BCUT2D eigenvalue weighted by Gasteiger charge is 2.31. The van der Waals surface area contributed by atoms with Crippen molar-refractivity contribution in [3.8, 4) is 0 Å². The van der Waals surface area contributed by atoms with E-state index in [1.807, 2.05) is 48.5 Å². The monoisotopic (exact) mass is 576 g/mol. The SMILES string of the molecule is CC(C)C(N)C(=O)NC(Cc1c[nH]c2ccccc12)C(=O)NC(CO)C(=O)NC(Cc1c[nH]c2ccccc12)C(=O)O. The highest BCUT2D eigenvalue weighted by Crippen LogP contribution is 2.20. The molecule has 0 spiro atoms. The summed E-state index contributed by atoms with van der Waals surface area (Å²) in [7, 11) is 0. The van der Waals surface area contributed by atoms with Crippen molar-refractivity contribution in [3.63, 3.8) is 0 Å². The Kier molecular flexibility index (Phi) is 9.60. The van der Waals surface area contributed by atoms with Gasteiger partial charge >= 0.3 is 5.97 Å². The quantitative estimate of drug-likeness (QED) is 0.116. The third kappa shape index (κ3) is 6.96. The number of nitrogens with one attached hydrogen (secondary N) is 5. The zero-order chi connectivity index (χ0) is 30.4. The molecular weight excluding hydrogens is 540 g/mol. The van der Waals surface area contributed by atoms with Crippen LogP contribution in [0.5, 0.6) is 0 Å². The maximum atomic E-state index is 13.4. The number of aliphatic hydroxyl groups excluding tert-OH is 1. The molecule has 0 aliphatic carbocycles. The molecule has 12 heteroatoms. The van der Waals surface area contributed by atoms with E-state index in [0.717, 1.165) is 27.4 Å². The lowest BCUT2D eigenvalue weighted by molar-refractivity contribution is -0.142. The maximum absolute atomic E-state index is 13.4. The lowest BCUT2D eigenvalue weighted by atomic mass is 10.0. The zero-order valence-corrected chi connectivity index (χ0v) is 23.4. The van der Waals surface area contributed by atoms with Crippen molar-refractivity contribution in [2.45, 2.75) is 50.9 Å². The summed E-state index contributed by atoms with van der Waals surface area (Å²) in [4.78, 5) is 57.6. The van der Waals surface area contributed by atoms with Gasteiger partial charge in [0.25, 0.3) is 0 Å². The van der Waals surface area contributed by atoms with Gasteiger partial charge in [-0.05, 0) is 29.2 Å². The lowest BCUT2D eigenvalue weighted by Crippen LogP contribution is -2.59. The van der Waals surface area contributed by atoms with Crippen molar-refractivity contribution in [1.82, 2.24) is 25.9 Å². The smallest absolute Gasteiger partial charge is 0.326 e. The Morgan fingerprint density at radius 3 is 1.69 bits per heavy atom. The van der Waals surface area contributed by atoms with E-state index in [4.69, 9.17) is 5.73 Å². The molecule has 2 heterocycles. The molecule has 4 atom stereocenters. The molecule has 0 aliphatic rings. The number of rotatable bonds is 13. The van der Waals surface area contributed by atoms with Crippen molar-refractivity contribution >= 4 is 45.5 Å². The van der Waals surface area contributed by atoms with Gasteiger partial charge in [0, 0.05) is 47.0 Å². The molecule has 0 aliphatic heterocycles. The summed E-state index contributed by atoms with van der Waals surface area (Å²) >= 11 is 0. The predicted molar refractivity (Wildman–Crippen MR) is 157 cm³/mol. The van der Waals surface area contributed by atoms with Crippen LogP contribution in [-0.4, -0.2) is 74.6 Å². The van der Waals surface area contributed by atoms with Crippen molar-refractivity contribution in [3.05, 3.63) is 72.1 Å². The highest BCUT2D eigenvalue weighted by molar-refractivity contribution is 5.95. The first-order valence-electron chi connectivity index (χ1n) is 13.7. The fraction of sp³-hybridized carbons (Fsp3) is 0.333. The van der Waals surface area contributed by atoms with Gasteiger partial charge in [-0.15, -0.1) is 0 Å². The number of benzene rings is 2. The topological polar surface area (TPSA) is 202 Å². The minimum atomic E-state index is -1.47. The molecule has 0 saturated heterocycles. The van der Waals surface area contributed by atoms with E-state index in [1.165, 1.54) is 0 Å². The molecule has 2 aromatic carbocycles. The first-order valence-corrected chi connectivity index (χ1v) is 13.7. The lowest BCUT2D eigenvalue weighted by Gasteiger charge is -2.25. The Labute approximate surface area is 242 Å². The molecule has 222 valence electrons. The summed E-state index contributed by atoms with van der Waals surface area (Å²) in [6, 6.07) is 10.0. The zero-order valence-electron chi connectivity index (χ0n) is 23.4. The third-order valence-corrected chi connectivity index (χ3v) is 7.28. The van der Waals surface area contributed by atoms with E-state index in [1.54, 1.807) is 26.2 Å². The van der Waals surface area contributed by atoms with Crippen LogP contribution in [0.25, 0.3) is 21.8 Å². The number of aliphatic carboxylic acids is 1. The number of aromatic nitrogens is 2. The minimum absolute atomic E-state index is 0.0243. The van der Waals surface area contributed by atoms with E-state index >= 15 is 0 Å². The predicted octanol–water partition coefficient (Wildman–Crippen LogP) is 0.949. The largest absolute Gasteiger partial charge is 0.480 e. The number of carboxylic acid groups (broad SMARTS) is 1. The summed E-state index contributed by atoms with van der Waals surface area (Å²) in [5, 5.41) is 29.0. The molecule has 4 aromatic rings. The Morgan fingerprint density at radius 2 is 1.19 bits per heavy atom. The van der Waals surface area contributed by atoms with Crippen LogP contribution in [0.1, 0.15) is 25.0 Å². The highest BCUT2D eigenvalue weighted by atomic mass is 16.4. The van der Waals surface area contributed by atoms with Crippen molar-refractivity contribution < 1.29 is 29.4 Å². The summed E-state index contributed by atoms with van der Waals surface area (Å²) in [5.74, 6) is -3.62. The molecule has 0 saturated carbocycles. The number of fused-ring (bicyclic) bond motifs is 2. The molecule has 0 fully saturated rings. The van der Waals surface area contributed by atoms with Crippen LogP contribution >= 0.6 is 0 Å². The van der Waals surface area contributed by atoms with Crippen molar-refractivity contribution in [2.75, 3.05) is 6.61 Å². The molecule has 9 N–H and O–H groups in total. The Bertz CT molecular complexity index is 1580. The number of nitrogens with two attached hydrogens (primary N) is 1. The second-order valence-corrected chi connectivity index (χ2v) is 10.6. The number of H-pyrrole nitrogens is 2. The molecule has 4 unspecified atom stereocenters. The first-order chi connectivity index (χ1) is 20.1. The molecule has 0 bridgehead atoms. The van der Waals surface area contributed by atoms with Crippen molar-refractivity contribution in [1.29, 1.82) is 0 Å². The minimum Gasteiger partial charge on any atom is -0.480 e. The van der Waals surface area contributed by atoms with E-state index in [0.29, 0.717) is 5.56 Å². The first kappa shape index (κ1) is 30.3. The number of aromatic amines is 2. The normalized spacial score (nSPS) is 14.3. The molecule has 42 heavy (non-hydrogen) atoms. The average molecular weight is 577 g/mol. The Hall–Kier alpha value is -4.68. The number of hydrogen-bond acceptors (Lipinski definition) is 6. The number of para-hydroxylation sites is 2. The summed E-state index contributed by atoms with van der Waals surface area (Å²) in [6.07, 6.45) is 3.46. The molecule has 4 rings (SSSR count). The Morgan fingerprint density at radius 1 is 0.738 bits per heavy atom. The molecule has 0 radical (unpaired) electrons. The summed E-state index contributed by atoms with van der Waals surface area (Å²) < 4.78 is 0. The van der Waals surface area contributed by atoms with Gasteiger partial charge in [0.1, 0.15) is 18.1 Å². The maximum Gasteiger partial charge on any atom is 0.326 e. The van der Waals surface area contributed by atoms with Gasteiger partial charge in [-0.1, -0.05) is 50.2 Å².